The lowest BCUT2D eigenvalue weighted by Crippen LogP contribution is -2.21. The van der Waals surface area contributed by atoms with Crippen molar-refractivity contribution in [1.29, 1.82) is 0 Å². The molecule has 0 atom stereocenters. The summed E-state index contributed by atoms with van der Waals surface area (Å²) in [5.41, 5.74) is 1.97. The molecule has 0 bridgehead atoms. The van der Waals surface area contributed by atoms with Crippen molar-refractivity contribution in [1.82, 2.24) is 10.3 Å². The summed E-state index contributed by atoms with van der Waals surface area (Å²) in [6.45, 7) is 5.37. The SMILES string of the molecule is CC(C)NCc1ccc(COc2ccc(F)c(Br)c2)nc1. The number of rotatable bonds is 6. The number of hydrogen-bond donors (Lipinski definition) is 1. The first kappa shape index (κ1) is 15.9. The van der Waals surface area contributed by atoms with Crippen LogP contribution in [0.4, 0.5) is 4.39 Å². The van der Waals surface area contributed by atoms with E-state index in [1.54, 1.807) is 12.1 Å². The van der Waals surface area contributed by atoms with Gasteiger partial charge in [-0.2, -0.15) is 0 Å². The first-order chi connectivity index (χ1) is 10.0. The molecule has 2 aromatic rings. The highest BCUT2D eigenvalue weighted by molar-refractivity contribution is 9.10. The monoisotopic (exact) mass is 352 g/mol. The molecule has 112 valence electrons. The van der Waals surface area contributed by atoms with Crippen LogP contribution in [0.15, 0.2) is 41.0 Å². The van der Waals surface area contributed by atoms with E-state index in [9.17, 15) is 4.39 Å². The van der Waals surface area contributed by atoms with Crippen molar-refractivity contribution < 1.29 is 9.13 Å². The van der Waals surface area contributed by atoms with Gasteiger partial charge in [0.15, 0.2) is 0 Å². The van der Waals surface area contributed by atoms with E-state index in [-0.39, 0.29) is 5.82 Å². The molecule has 2 rings (SSSR count). The van der Waals surface area contributed by atoms with Crippen molar-refractivity contribution in [3.8, 4) is 5.75 Å². The Bertz CT molecular complexity index is 587. The van der Waals surface area contributed by atoms with Crippen LogP contribution in [0.2, 0.25) is 0 Å². The van der Waals surface area contributed by atoms with Gasteiger partial charge in [-0.15, -0.1) is 0 Å². The fourth-order valence-corrected chi connectivity index (χ4v) is 2.05. The van der Waals surface area contributed by atoms with E-state index in [4.69, 9.17) is 4.74 Å². The Morgan fingerprint density at radius 1 is 1.29 bits per heavy atom. The maximum Gasteiger partial charge on any atom is 0.137 e. The maximum absolute atomic E-state index is 13.1. The highest BCUT2D eigenvalue weighted by Crippen LogP contribution is 2.22. The maximum atomic E-state index is 13.1. The molecular formula is C16H18BrFN2O. The van der Waals surface area contributed by atoms with Gasteiger partial charge < -0.3 is 10.1 Å². The van der Waals surface area contributed by atoms with Gasteiger partial charge in [-0.25, -0.2) is 4.39 Å². The van der Waals surface area contributed by atoms with Gasteiger partial charge in [-0.1, -0.05) is 19.9 Å². The van der Waals surface area contributed by atoms with Gasteiger partial charge in [-0.05, 0) is 45.8 Å². The van der Waals surface area contributed by atoms with Crippen molar-refractivity contribution in [3.63, 3.8) is 0 Å². The zero-order valence-corrected chi connectivity index (χ0v) is 13.7. The van der Waals surface area contributed by atoms with Crippen LogP contribution < -0.4 is 10.1 Å². The van der Waals surface area contributed by atoms with E-state index in [1.165, 1.54) is 6.07 Å². The predicted molar refractivity (Wildman–Crippen MR) is 84.6 cm³/mol. The normalized spacial score (nSPS) is 10.9. The summed E-state index contributed by atoms with van der Waals surface area (Å²) in [5.74, 6) is 0.304. The second kappa shape index (κ2) is 7.52. The third kappa shape index (κ3) is 5.10. The Balaban J connectivity index is 1.89. The minimum atomic E-state index is -0.303. The summed E-state index contributed by atoms with van der Waals surface area (Å²) in [6, 6.07) is 8.99. The summed E-state index contributed by atoms with van der Waals surface area (Å²) in [7, 11) is 0. The van der Waals surface area contributed by atoms with Gasteiger partial charge in [0.25, 0.3) is 0 Å². The predicted octanol–water partition coefficient (Wildman–Crippen LogP) is 4.06. The molecule has 0 aliphatic rings. The number of aromatic nitrogens is 1. The van der Waals surface area contributed by atoms with E-state index in [2.05, 4.69) is 40.1 Å². The molecule has 1 aromatic carbocycles. The number of nitrogens with one attached hydrogen (secondary N) is 1. The van der Waals surface area contributed by atoms with Crippen molar-refractivity contribution in [2.75, 3.05) is 0 Å². The number of hydrogen-bond acceptors (Lipinski definition) is 3. The van der Waals surface area contributed by atoms with Crippen molar-refractivity contribution in [2.45, 2.75) is 33.0 Å². The molecule has 5 heteroatoms. The molecule has 1 aromatic heterocycles. The topological polar surface area (TPSA) is 34.1 Å². The molecule has 0 radical (unpaired) electrons. The van der Waals surface area contributed by atoms with E-state index in [0.29, 0.717) is 22.9 Å². The number of benzene rings is 1. The van der Waals surface area contributed by atoms with Crippen LogP contribution in [0.1, 0.15) is 25.1 Å². The quantitative estimate of drug-likeness (QED) is 0.851. The standard InChI is InChI=1S/C16H18BrFN2O/c1-11(2)19-8-12-3-4-13(20-9-12)10-21-14-5-6-16(18)15(17)7-14/h3-7,9,11,19H,8,10H2,1-2H3. The van der Waals surface area contributed by atoms with Gasteiger partial charge >= 0.3 is 0 Å². The number of ether oxygens (including phenoxy) is 1. The lowest BCUT2D eigenvalue weighted by atomic mass is 10.2. The summed E-state index contributed by atoms with van der Waals surface area (Å²) in [4.78, 5) is 4.36. The van der Waals surface area contributed by atoms with Crippen LogP contribution in [-0.4, -0.2) is 11.0 Å². The average molecular weight is 353 g/mol. The Morgan fingerprint density at radius 3 is 2.71 bits per heavy atom. The molecule has 1 N–H and O–H groups in total. The molecule has 0 fully saturated rings. The molecule has 0 aliphatic carbocycles. The van der Waals surface area contributed by atoms with Crippen molar-refractivity contribution >= 4 is 15.9 Å². The second-order valence-corrected chi connectivity index (χ2v) is 5.91. The Hall–Kier alpha value is -1.46. The number of pyridine rings is 1. The van der Waals surface area contributed by atoms with Gasteiger partial charge in [0.05, 0.1) is 10.2 Å². The summed E-state index contributed by atoms with van der Waals surface area (Å²) in [6.07, 6.45) is 1.84. The molecule has 0 saturated heterocycles. The highest BCUT2D eigenvalue weighted by Gasteiger charge is 2.03. The minimum Gasteiger partial charge on any atom is -0.487 e. The largest absolute Gasteiger partial charge is 0.487 e. The van der Waals surface area contributed by atoms with E-state index < -0.39 is 0 Å². The fraction of sp³-hybridized carbons (Fsp3) is 0.312. The molecule has 0 aliphatic heterocycles. The lowest BCUT2D eigenvalue weighted by Gasteiger charge is -2.09. The van der Waals surface area contributed by atoms with Gasteiger partial charge in [0.2, 0.25) is 0 Å². The molecular weight excluding hydrogens is 335 g/mol. The van der Waals surface area contributed by atoms with Crippen LogP contribution in [0.3, 0.4) is 0 Å². The molecule has 1 heterocycles. The van der Waals surface area contributed by atoms with E-state index >= 15 is 0 Å². The van der Waals surface area contributed by atoms with E-state index in [1.807, 2.05) is 18.3 Å². The van der Waals surface area contributed by atoms with Crippen molar-refractivity contribution in [3.05, 3.63) is 58.1 Å². The molecule has 0 saturated carbocycles. The molecule has 0 spiro atoms. The molecule has 3 nitrogen and oxygen atoms in total. The van der Waals surface area contributed by atoms with Gasteiger partial charge in [-0.3, -0.25) is 4.98 Å². The third-order valence-corrected chi connectivity index (χ3v) is 3.49. The van der Waals surface area contributed by atoms with Crippen LogP contribution in [0.5, 0.6) is 5.75 Å². The fourth-order valence-electron chi connectivity index (χ4n) is 1.69. The van der Waals surface area contributed by atoms with Crippen molar-refractivity contribution in [2.24, 2.45) is 0 Å². The lowest BCUT2D eigenvalue weighted by molar-refractivity contribution is 0.300. The van der Waals surface area contributed by atoms with E-state index in [0.717, 1.165) is 17.8 Å². The van der Waals surface area contributed by atoms with Crippen LogP contribution in [0, 0.1) is 5.82 Å². The minimum absolute atomic E-state index is 0.303. The Morgan fingerprint density at radius 2 is 2.10 bits per heavy atom. The zero-order valence-electron chi connectivity index (χ0n) is 12.1. The van der Waals surface area contributed by atoms with Crippen LogP contribution >= 0.6 is 15.9 Å². The van der Waals surface area contributed by atoms with Crippen LogP contribution in [0.25, 0.3) is 0 Å². The number of nitrogens with zero attached hydrogens (tertiary/aromatic N) is 1. The molecule has 0 unspecified atom stereocenters. The average Bonchev–Trinajstić information content (AvgIpc) is 2.47. The second-order valence-electron chi connectivity index (χ2n) is 5.06. The first-order valence-corrected chi connectivity index (χ1v) is 7.59. The molecule has 21 heavy (non-hydrogen) atoms. The van der Waals surface area contributed by atoms with Gasteiger partial charge in [0.1, 0.15) is 18.2 Å². The van der Waals surface area contributed by atoms with Crippen LogP contribution in [-0.2, 0) is 13.2 Å². The summed E-state index contributed by atoms with van der Waals surface area (Å²) in [5, 5.41) is 3.34. The zero-order chi connectivity index (χ0) is 15.2. The van der Waals surface area contributed by atoms with Gasteiger partial charge in [0, 0.05) is 18.8 Å². The summed E-state index contributed by atoms with van der Waals surface area (Å²) < 4.78 is 19.1. The number of halogens is 2. The third-order valence-electron chi connectivity index (χ3n) is 2.88. The summed E-state index contributed by atoms with van der Waals surface area (Å²) >= 11 is 3.13. The first-order valence-electron chi connectivity index (χ1n) is 6.79. The molecule has 0 amide bonds. The smallest absolute Gasteiger partial charge is 0.137 e. The highest BCUT2D eigenvalue weighted by atomic mass is 79.9. The Kier molecular flexibility index (Phi) is 5.70. The Labute approximate surface area is 132 Å².